The molecule has 0 aliphatic rings. The predicted molar refractivity (Wildman–Crippen MR) is 113 cm³/mol. The Morgan fingerprint density at radius 1 is 1.07 bits per heavy atom. The molecule has 0 fully saturated rings. The summed E-state index contributed by atoms with van der Waals surface area (Å²) in [6.45, 7) is 12.2. The summed E-state index contributed by atoms with van der Waals surface area (Å²) in [7, 11) is -3.98. The minimum Gasteiger partial charge on any atom is -0.497 e. The number of hydrogen-bond donors (Lipinski definition) is 1. The summed E-state index contributed by atoms with van der Waals surface area (Å²) in [5.41, 5.74) is 4.86. The van der Waals surface area contributed by atoms with Gasteiger partial charge in [-0.25, -0.2) is 8.42 Å². The molecule has 0 bridgehead atoms. The fraction of sp³-hybridized carbons (Fsp3) is 0.286. The van der Waals surface area contributed by atoms with Gasteiger partial charge >= 0.3 is 0 Å². The summed E-state index contributed by atoms with van der Waals surface area (Å²) in [6.07, 6.45) is 0. The lowest BCUT2D eigenvalue weighted by Gasteiger charge is -2.28. The van der Waals surface area contributed by atoms with Crippen molar-refractivity contribution in [3.63, 3.8) is 0 Å². The van der Waals surface area contributed by atoms with Crippen molar-refractivity contribution < 1.29 is 13.2 Å². The highest BCUT2D eigenvalue weighted by molar-refractivity contribution is 7.89. The lowest BCUT2D eigenvalue weighted by atomic mass is 10.1. The molecule has 0 aliphatic carbocycles. The minimum atomic E-state index is -3.70. The SMILES string of the molecule is C=C=C([C@H](NS(=O)(=O)c1ccc(C)cc1)c1ccc(OC)cc1)[Si](C)(C)C. The molecule has 0 unspecified atom stereocenters. The van der Waals surface area contributed by atoms with E-state index in [2.05, 4.69) is 36.7 Å². The lowest BCUT2D eigenvalue weighted by Crippen LogP contribution is -2.37. The third kappa shape index (κ3) is 5.21. The molecule has 4 nitrogen and oxygen atoms in total. The van der Waals surface area contributed by atoms with Crippen LogP contribution in [0.2, 0.25) is 19.6 Å². The number of sulfonamides is 1. The first-order chi connectivity index (χ1) is 12.6. The molecule has 1 N–H and O–H groups in total. The number of benzene rings is 2. The summed E-state index contributed by atoms with van der Waals surface area (Å²) in [5.74, 6) is 0.719. The van der Waals surface area contributed by atoms with E-state index in [4.69, 9.17) is 4.74 Å². The van der Waals surface area contributed by atoms with Gasteiger partial charge in [0.25, 0.3) is 0 Å². The van der Waals surface area contributed by atoms with Crippen LogP contribution in [0.1, 0.15) is 17.2 Å². The van der Waals surface area contributed by atoms with Crippen molar-refractivity contribution in [2.24, 2.45) is 0 Å². The van der Waals surface area contributed by atoms with Gasteiger partial charge in [-0.2, -0.15) is 4.72 Å². The van der Waals surface area contributed by atoms with E-state index in [0.29, 0.717) is 0 Å². The fourth-order valence-electron chi connectivity index (χ4n) is 2.83. The zero-order chi connectivity index (χ0) is 20.2. The van der Waals surface area contributed by atoms with Crippen LogP contribution in [0, 0.1) is 6.92 Å². The standard InChI is InChI=1S/C21H27NO3SSi/c1-7-20(27(4,5)6)21(17-10-12-18(25-3)13-11-17)22-26(23,24)19-14-8-16(2)9-15-19/h8-15,21-22H,1H2,2-6H3/t21-/m1/s1. The molecule has 0 heterocycles. The van der Waals surface area contributed by atoms with Gasteiger partial charge in [0.15, 0.2) is 0 Å². The van der Waals surface area contributed by atoms with E-state index in [0.717, 1.165) is 22.1 Å². The van der Waals surface area contributed by atoms with Crippen molar-refractivity contribution in [2.45, 2.75) is 37.5 Å². The first-order valence-corrected chi connectivity index (χ1v) is 13.7. The summed E-state index contributed by atoms with van der Waals surface area (Å²) < 4.78 is 34.1. The second-order valence-corrected chi connectivity index (χ2v) is 14.2. The zero-order valence-corrected chi connectivity index (χ0v) is 18.4. The normalized spacial score (nSPS) is 12.9. The molecule has 6 heteroatoms. The van der Waals surface area contributed by atoms with Gasteiger partial charge in [-0.05, 0) is 41.9 Å². The molecule has 2 aromatic carbocycles. The maximum absolute atomic E-state index is 13.0. The quantitative estimate of drug-likeness (QED) is 0.544. The van der Waals surface area contributed by atoms with Crippen LogP contribution in [0.4, 0.5) is 0 Å². The molecule has 0 aliphatic heterocycles. The molecule has 2 rings (SSSR count). The summed E-state index contributed by atoms with van der Waals surface area (Å²) >= 11 is 0. The number of methoxy groups -OCH3 is 1. The van der Waals surface area contributed by atoms with Crippen LogP contribution in [0.25, 0.3) is 0 Å². The first kappa shape index (κ1) is 21.2. The van der Waals surface area contributed by atoms with Crippen molar-refractivity contribution in [1.82, 2.24) is 4.72 Å². The second kappa shape index (κ2) is 8.27. The first-order valence-electron chi connectivity index (χ1n) is 8.72. The van der Waals surface area contributed by atoms with Crippen LogP contribution in [0.15, 0.2) is 70.9 Å². The van der Waals surface area contributed by atoms with Crippen molar-refractivity contribution in [1.29, 1.82) is 0 Å². The smallest absolute Gasteiger partial charge is 0.241 e. The molecule has 0 saturated heterocycles. The Morgan fingerprint density at radius 2 is 1.63 bits per heavy atom. The van der Waals surface area contributed by atoms with Gasteiger partial charge in [0.2, 0.25) is 10.0 Å². The molecule has 0 aromatic heterocycles. The second-order valence-electron chi connectivity index (χ2n) is 7.48. The van der Waals surface area contributed by atoms with E-state index < -0.39 is 24.1 Å². The Balaban J connectivity index is 2.51. The monoisotopic (exact) mass is 401 g/mol. The van der Waals surface area contributed by atoms with Crippen LogP contribution in [0.5, 0.6) is 5.75 Å². The van der Waals surface area contributed by atoms with E-state index in [1.807, 2.05) is 31.2 Å². The molecule has 27 heavy (non-hydrogen) atoms. The Morgan fingerprint density at radius 3 is 2.07 bits per heavy atom. The van der Waals surface area contributed by atoms with E-state index in [1.54, 1.807) is 31.4 Å². The van der Waals surface area contributed by atoms with Crippen molar-refractivity contribution >= 4 is 18.1 Å². The molecule has 144 valence electrons. The molecule has 0 amide bonds. The van der Waals surface area contributed by atoms with Crippen LogP contribution in [-0.4, -0.2) is 23.6 Å². The van der Waals surface area contributed by atoms with Gasteiger partial charge in [-0.1, -0.05) is 56.0 Å². The maximum atomic E-state index is 13.0. The van der Waals surface area contributed by atoms with Crippen molar-refractivity contribution in [3.8, 4) is 5.75 Å². The Labute approximate surface area is 163 Å². The highest BCUT2D eigenvalue weighted by Crippen LogP contribution is 2.31. The van der Waals surface area contributed by atoms with Gasteiger partial charge in [-0.15, -0.1) is 5.73 Å². The van der Waals surface area contributed by atoms with E-state index in [9.17, 15) is 8.42 Å². The Hall–Kier alpha value is -2.11. The number of ether oxygens (including phenoxy) is 1. The van der Waals surface area contributed by atoms with Crippen LogP contribution in [-0.2, 0) is 10.0 Å². The number of rotatable bonds is 7. The van der Waals surface area contributed by atoms with Crippen molar-refractivity contribution in [2.75, 3.05) is 7.11 Å². The molecular weight excluding hydrogens is 374 g/mol. The molecule has 1 atom stereocenters. The minimum absolute atomic E-state index is 0.241. The highest BCUT2D eigenvalue weighted by Gasteiger charge is 2.31. The third-order valence-electron chi connectivity index (χ3n) is 4.34. The summed E-state index contributed by atoms with van der Waals surface area (Å²) in [6, 6.07) is 13.7. The fourth-order valence-corrected chi connectivity index (χ4v) is 5.77. The van der Waals surface area contributed by atoms with Gasteiger partial charge in [0.05, 0.1) is 26.1 Å². The van der Waals surface area contributed by atoms with Gasteiger partial charge in [0, 0.05) is 0 Å². The van der Waals surface area contributed by atoms with Gasteiger partial charge in [-0.3, -0.25) is 0 Å². The average Bonchev–Trinajstić information content (AvgIpc) is 2.60. The molecular formula is C21H27NO3SSi. The molecule has 0 radical (unpaired) electrons. The predicted octanol–water partition coefficient (Wildman–Crippen LogP) is 4.61. The summed E-state index contributed by atoms with van der Waals surface area (Å²) in [5, 5.41) is 0.906. The average molecular weight is 402 g/mol. The molecule has 0 saturated carbocycles. The zero-order valence-electron chi connectivity index (χ0n) is 16.5. The van der Waals surface area contributed by atoms with Crippen molar-refractivity contribution in [3.05, 3.63) is 77.2 Å². The highest BCUT2D eigenvalue weighted by atomic mass is 32.2. The molecule has 2 aromatic rings. The van der Waals surface area contributed by atoms with Gasteiger partial charge in [0.1, 0.15) is 5.75 Å². The van der Waals surface area contributed by atoms with E-state index in [1.165, 1.54) is 0 Å². The summed E-state index contributed by atoms with van der Waals surface area (Å²) in [4.78, 5) is 0.241. The third-order valence-corrected chi connectivity index (χ3v) is 7.86. The van der Waals surface area contributed by atoms with Crippen LogP contribution in [0.3, 0.4) is 0 Å². The van der Waals surface area contributed by atoms with E-state index in [-0.39, 0.29) is 4.90 Å². The molecule has 0 spiro atoms. The Kier molecular flexibility index (Phi) is 6.49. The topological polar surface area (TPSA) is 55.4 Å². The van der Waals surface area contributed by atoms with E-state index >= 15 is 0 Å². The van der Waals surface area contributed by atoms with Gasteiger partial charge < -0.3 is 4.74 Å². The number of aryl methyl sites for hydroxylation is 1. The van der Waals surface area contributed by atoms with Crippen LogP contribution >= 0.6 is 0 Å². The lowest BCUT2D eigenvalue weighted by molar-refractivity contribution is 0.414. The Bertz CT molecular complexity index is 936. The van der Waals surface area contributed by atoms with Crippen LogP contribution < -0.4 is 9.46 Å². The number of hydrogen-bond acceptors (Lipinski definition) is 3. The maximum Gasteiger partial charge on any atom is 0.241 e. The number of nitrogens with one attached hydrogen (secondary N) is 1. The largest absolute Gasteiger partial charge is 0.497 e.